The van der Waals surface area contributed by atoms with E-state index in [0.717, 1.165) is 63.7 Å². The number of amides is 2. The Labute approximate surface area is 245 Å². The van der Waals surface area contributed by atoms with Gasteiger partial charge in [0, 0.05) is 88.2 Å². The highest BCUT2D eigenvalue weighted by Gasteiger charge is 2.38. The molecule has 2 aromatic carbocycles. The van der Waals surface area contributed by atoms with Crippen LogP contribution < -0.4 is 31.1 Å². The minimum absolute atomic E-state index is 0.183. The lowest BCUT2D eigenvalue weighted by Gasteiger charge is -2.29. The second-order valence-corrected chi connectivity index (χ2v) is 9.82. The number of carboxylic acids is 1. The van der Waals surface area contributed by atoms with E-state index in [9.17, 15) is 22.8 Å². The number of hydrogen-bond acceptors (Lipinski definition) is 8. The SMILES string of the molecule is Cn1nc(C(=O)Nc2ccc(N3CCNCC3)cc2)cc1C(=O)Nc1ccc(N2CCNCC2)cc1.O=C(O)C(F)(F)F. The predicted molar refractivity (Wildman–Crippen MR) is 156 cm³/mol. The molecule has 43 heavy (non-hydrogen) atoms. The van der Waals surface area contributed by atoms with Gasteiger partial charge in [0.25, 0.3) is 11.8 Å². The first-order chi connectivity index (χ1) is 20.5. The standard InChI is InChI=1S/C26H32N8O2.C2HF3O2/c1-32-24(26(36)30-20-4-8-22(9-5-20)34-16-12-28-13-17-34)18-23(31-32)25(35)29-19-2-6-21(7-3-19)33-14-10-27-11-15-33;3-2(4,5)1(6)7/h2-9,18,27-28H,10-17H2,1H3,(H,29,35)(H,30,36);(H,6,7). The number of carbonyl (C=O) groups excluding carboxylic acids is 2. The number of nitrogens with zero attached hydrogens (tertiary/aromatic N) is 4. The molecule has 0 aliphatic carbocycles. The molecule has 3 aromatic rings. The third-order valence-corrected chi connectivity index (χ3v) is 6.80. The van der Waals surface area contributed by atoms with Gasteiger partial charge < -0.3 is 36.2 Å². The first kappa shape index (κ1) is 31.3. The van der Waals surface area contributed by atoms with E-state index in [1.165, 1.54) is 10.7 Å². The molecule has 2 aliphatic rings. The number of halogens is 3. The van der Waals surface area contributed by atoms with Gasteiger partial charge in [0.05, 0.1) is 0 Å². The van der Waals surface area contributed by atoms with Crippen molar-refractivity contribution in [2.45, 2.75) is 6.18 Å². The molecule has 2 amide bonds. The van der Waals surface area contributed by atoms with Crippen molar-refractivity contribution in [1.29, 1.82) is 0 Å². The van der Waals surface area contributed by atoms with Crippen molar-refractivity contribution in [1.82, 2.24) is 20.4 Å². The summed E-state index contributed by atoms with van der Waals surface area (Å²) in [5.74, 6) is -3.44. The van der Waals surface area contributed by atoms with Gasteiger partial charge in [-0.3, -0.25) is 14.3 Å². The van der Waals surface area contributed by atoms with Crippen LogP contribution in [0.15, 0.2) is 54.6 Å². The lowest BCUT2D eigenvalue weighted by molar-refractivity contribution is -0.192. The van der Waals surface area contributed by atoms with Crippen molar-refractivity contribution in [2.75, 3.05) is 72.8 Å². The van der Waals surface area contributed by atoms with Gasteiger partial charge in [-0.2, -0.15) is 18.3 Å². The molecule has 2 saturated heterocycles. The molecule has 15 heteroatoms. The molecular weight excluding hydrogens is 569 g/mol. The van der Waals surface area contributed by atoms with E-state index in [2.05, 4.69) is 36.2 Å². The smallest absolute Gasteiger partial charge is 0.475 e. The number of alkyl halides is 3. The summed E-state index contributed by atoms with van der Waals surface area (Å²) < 4.78 is 33.2. The van der Waals surface area contributed by atoms with Crippen LogP contribution in [0.2, 0.25) is 0 Å². The number of anilines is 4. The second-order valence-electron chi connectivity index (χ2n) is 9.82. The Balaban J connectivity index is 0.000000541. The van der Waals surface area contributed by atoms with E-state index >= 15 is 0 Å². The van der Waals surface area contributed by atoms with Crippen LogP contribution in [0, 0.1) is 0 Å². The zero-order valence-electron chi connectivity index (χ0n) is 23.4. The molecule has 0 atom stereocenters. The third kappa shape index (κ3) is 8.68. The summed E-state index contributed by atoms with van der Waals surface area (Å²) in [6.45, 7) is 7.73. The number of aromatic nitrogens is 2. The topological polar surface area (TPSA) is 144 Å². The van der Waals surface area contributed by atoms with Gasteiger partial charge in [-0.1, -0.05) is 0 Å². The zero-order valence-corrected chi connectivity index (χ0v) is 23.4. The molecular formula is C28H33F3N8O4. The van der Waals surface area contributed by atoms with E-state index in [1.807, 2.05) is 48.5 Å². The van der Waals surface area contributed by atoms with Crippen molar-refractivity contribution >= 4 is 40.5 Å². The molecule has 12 nitrogen and oxygen atoms in total. The van der Waals surface area contributed by atoms with Crippen LogP contribution in [-0.4, -0.2) is 91.2 Å². The van der Waals surface area contributed by atoms with Crippen molar-refractivity contribution in [3.63, 3.8) is 0 Å². The molecule has 3 heterocycles. The number of hydrogen-bond donors (Lipinski definition) is 5. The zero-order chi connectivity index (χ0) is 31.0. The Bertz CT molecular complexity index is 1400. The predicted octanol–water partition coefficient (Wildman–Crippen LogP) is 2.38. The molecule has 2 fully saturated rings. The Kier molecular flexibility index (Phi) is 10.2. The van der Waals surface area contributed by atoms with E-state index < -0.39 is 12.1 Å². The summed E-state index contributed by atoms with van der Waals surface area (Å²) in [5.41, 5.74) is 4.13. The Hall–Kier alpha value is -4.63. The van der Waals surface area contributed by atoms with Gasteiger partial charge in [-0.05, 0) is 48.5 Å². The fraction of sp³-hybridized carbons (Fsp3) is 0.357. The number of carboxylic acid groups (broad SMARTS) is 1. The molecule has 0 bridgehead atoms. The fourth-order valence-corrected chi connectivity index (χ4v) is 4.54. The highest BCUT2D eigenvalue weighted by molar-refractivity contribution is 6.07. The summed E-state index contributed by atoms with van der Waals surface area (Å²) in [5, 5.41) is 23.8. The van der Waals surface area contributed by atoms with Crippen molar-refractivity contribution in [3.05, 3.63) is 66.0 Å². The summed E-state index contributed by atoms with van der Waals surface area (Å²) in [4.78, 5) is 39.2. The number of rotatable bonds is 6. The molecule has 0 unspecified atom stereocenters. The van der Waals surface area contributed by atoms with Gasteiger partial charge in [-0.25, -0.2) is 4.79 Å². The maximum Gasteiger partial charge on any atom is 0.490 e. The van der Waals surface area contributed by atoms with Gasteiger partial charge in [0.15, 0.2) is 5.69 Å². The maximum atomic E-state index is 12.9. The summed E-state index contributed by atoms with van der Waals surface area (Å²) in [6.07, 6.45) is -5.08. The molecule has 5 rings (SSSR count). The lowest BCUT2D eigenvalue weighted by Crippen LogP contribution is -2.43. The molecule has 2 aliphatic heterocycles. The molecule has 0 spiro atoms. The van der Waals surface area contributed by atoms with Crippen LogP contribution in [-0.2, 0) is 11.8 Å². The van der Waals surface area contributed by atoms with Crippen LogP contribution in [0.5, 0.6) is 0 Å². The first-order valence-electron chi connectivity index (χ1n) is 13.6. The van der Waals surface area contributed by atoms with Gasteiger partial charge in [0.1, 0.15) is 5.69 Å². The van der Waals surface area contributed by atoms with E-state index in [4.69, 9.17) is 9.90 Å². The molecule has 1 aromatic heterocycles. The molecule has 230 valence electrons. The van der Waals surface area contributed by atoms with Crippen LogP contribution in [0.25, 0.3) is 0 Å². The van der Waals surface area contributed by atoms with E-state index in [0.29, 0.717) is 17.1 Å². The number of aryl methyl sites for hydroxylation is 1. The molecule has 0 radical (unpaired) electrons. The van der Waals surface area contributed by atoms with Crippen LogP contribution >= 0.6 is 0 Å². The fourth-order valence-electron chi connectivity index (χ4n) is 4.54. The largest absolute Gasteiger partial charge is 0.490 e. The average Bonchev–Trinajstić information content (AvgIpc) is 3.40. The van der Waals surface area contributed by atoms with Gasteiger partial charge in [0.2, 0.25) is 0 Å². The highest BCUT2D eigenvalue weighted by Crippen LogP contribution is 2.21. The van der Waals surface area contributed by atoms with Gasteiger partial charge >= 0.3 is 12.1 Å². The van der Waals surface area contributed by atoms with Crippen LogP contribution in [0.4, 0.5) is 35.9 Å². The number of benzene rings is 2. The summed E-state index contributed by atoms with van der Waals surface area (Å²) in [7, 11) is 1.65. The number of nitrogens with one attached hydrogen (secondary N) is 4. The monoisotopic (exact) mass is 602 g/mol. The molecule has 0 saturated carbocycles. The minimum atomic E-state index is -5.08. The summed E-state index contributed by atoms with van der Waals surface area (Å²) in [6, 6.07) is 17.1. The van der Waals surface area contributed by atoms with Crippen molar-refractivity contribution in [2.24, 2.45) is 7.05 Å². The highest BCUT2D eigenvalue weighted by atomic mass is 19.4. The Morgan fingerprint density at radius 2 is 1.16 bits per heavy atom. The Morgan fingerprint density at radius 1 is 0.767 bits per heavy atom. The quantitative estimate of drug-likeness (QED) is 0.287. The van der Waals surface area contributed by atoms with Crippen molar-refractivity contribution < 1.29 is 32.7 Å². The first-order valence-corrected chi connectivity index (χ1v) is 13.6. The Morgan fingerprint density at radius 3 is 1.56 bits per heavy atom. The maximum absolute atomic E-state index is 12.9. The minimum Gasteiger partial charge on any atom is -0.475 e. The second kappa shape index (κ2) is 14.0. The van der Waals surface area contributed by atoms with E-state index in [1.54, 1.807) is 7.05 Å². The van der Waals surface area contributed by atoms with E-state index in [-0.39, 0.29) is 17.5 Å². The third-order valence-electron chi connectivity index (χ3n) is 6.80. The molecule has 5 N–H and O–H groups in total. The number of carbonyl (C=O) groups is 3. The average molecular weight is 603 g/mol. The summed E-state index contributed by atoms with van der Waals surface area (Å²) >= 11 is 0. The van der Waals surface area contributed by atoms with Gasteiger partial charge in [-0.15, -0.1) is 0 Å². The normalized spacial score (nSPS) is 15.3. The number of piperazine rings is 2. The number of aliphatic carboxylic acids is 1. The van der Waals surface area contributed by atoms with Crippen LogP contribution in [0.3, 0.4) is 0 Å². The van der Waals surface area contributed by atoms with Crippen molar-refractivity contribution in [3.8, 4) is 0 Å². The van der Waals surface area contributed by atoms with Crippen LogP contribution in [0.1, 0.15) is 21.0 Å². The lowest BCUT2D eigenvalue weighted by atomic mass is 10.2.